The van der Waals surface area contributed by atoms with Gasteiger partial charge in [0.1, 0.15) is 0 Å². The van der Waals surface area contributed by atoms with Gasteiger partial charge >= 0.3 is 44.4 Å². The Bertz CT molecular complexity index is 65.1. The molecule has 0 aliphatic rings. The van der Waals surface area contributed by atoms with E-state index < -0.39 is 18.6 Å². The van der Waals surface area contributed by atoms with Crippen molar-refractivity contribution in [2.75, 3.05) is 0 Å². The van der Waals surface area contributed by atoms with Crippen molar-refractivity contribution in [1.29, 1.82) is 0 Å². The molecule has 0 unspecified atom stereocenters. The Labute approximate surface area is 73.3 Å². The van der Waals surface area contributed by atoms with Crippen molar-refractivity contribution in [3.63, 3.8) is 0 Å². The summed E-state index contributed by atoms with van der Waals surface area (Å²) in [6.45, 7) is 0. The molecular formula is HfO6Si2. The van der Waals surface area contributed by atoms with Crippen LogP contribution in [-0.2, 0) is 54.6 Å². The molecule has 9 heavy (non-hydrogen) atoms. The quantitative estimate of drug-likeness (QED) is 0.502. The fraction of sp³-hybridized carbons (Fsp3) is 0. The molecule has 0 atom stereocenters. The summed E-state index contributed by atoms with van der Waals surface area (Å²) in [6.07, 6.45) is 0. The van der Waals surface area contributed by atoms with Gasteiger partial charge in [0.15, 0.2) is 0 Å². The van der Waals surface area contributed by atoms with Gasteiger partial charge in [-0.05, 0) is 0 Å². The van der Waals surface area contributed by atoms with E-state index in [4.69, 9.17) is 17.8 Å². The molecule has 0 bridgehead atoms. The molecule has 48 valence electrons. The fourth-order valence-corrected chi connectivity index (χ4v) is 0. The Morgan fingerprint density at radius 1 is 0.667 bits per heavy atom. The van der Waals surface area contributed by atoms with Crippen molar-refractivity contribution in [3.8, 4) is 0 Å². The smallest absolute Gasteiger partial charge is 2.00 e. The van der Waals surface area contributed by atoms with Crippen LogP contribution in [0.5, 0.6) is 0 Å². The van der Waals surface area contributed by atoms with Crippen molar-refractivity contribution in [2.45, 2.75) is 0 Å². The number of hydrogen-bond donors (Lipinski definition) is 0. The van der Waals surface area contributed by atoms with Crippen LogP contribution in [0.25, 0.3) is 0 Å². The molecule has 0 aliphatic carbocycles. The van der Waals surface area contributed by atoms with E-state index in [-0.39, 0.29) is 36.8 Å². The van der Waals surface area contributed by atoms with Gasteiger partial charge < -0.3 is 11.0 Å². The Morgan fingerprint density at radius 2 is 0.667 bits per heavy atom. The fourth-order valence-electron chi connectivity index (χ4n) is 0. The van der Waals surface area contributed by atoms with Crippen LogP contribution >= 0.6 is 0 Å². The summed E-state index contributed by atoms with van der Waals surface area (Å²) in [5, 5.41) is 0. The SMILES string of the molecule is O=[Si]=O.O=[Si]=O.[Hf+4].[O-2].[O-2]. The maximum atomic E-state index is 8.40. The summed E-state index contributed by atoms with van der Waals surface area (Å²) >= 11 is 0. The van der Waals surface area contributed by atoms with Crippen LogP contribution in [0.2, 0.25) is 0 Å². The molecule has 0 aromatic heterocycles. The van der Waals surface area contributed by atoms with E-state index in [0.29, 0.717) is 0 Å². The van der Waals surface area contributed by atoms with Gasteiger partial charge in [0, 0.05) is 0 Å². The van der Waals surface area contributed by atoms with Gasteiger partial charge in [-0.15, -0.1) is 0 Å². The number of hydrogen-bond acceptors (Lipinski definition) is 4. The molecule has 9 heteroatoms. The Kier molecular flexibility index (Phi) is 300. The van der Waals surface area contributed by atoms with E-state index in [1.54, 1.807) is 0 Å². The van der Waals surface area contributed by atoms with Gasteiger partial charge in [0.05, 0.1) is 0 Å². The van der Waals surface area contributed by atoms with Crippen LogP contribution in [0.15, 0.2) is 0 Å². The molecule has 0 aromatic rings. The third-order valence-corrected chi connectivity index (χ3v) is 0. The van der Waals surface area contributed by atoms with Crippen molar-refractivity contribution in [2.24, 2.45) is 0 Å². The summed E-state index contributed by atoms with van der Waals surface area (Å²) in [6, 6.07) is 0. The zero-order valence-electron chi connectivity index (χ0n) is 3.95. The van der Waals surface area contributed by atoms with Gasteiger partial charge in [-0.2, -0.15) is 0 Å². The van der Waals surface area contributed by atoms with E-state index >= 15 is 0 Å². The van der Waals surface area contributed by atoms with E-state index in [1.165, 1.54) is 0 Å². The topological polar surface area (TPSA) is 125 Å². The minimum atomic E-state index is -1.42. The van der Waals surface area contributed by atoms with Crippen molar-refractivity contribution in [3.05, 3.63) is 0 Å². The predicted molar refractivity (Wildman–Crippen MR) is 15.6 cm³/mol. The summed E-state index contributed by atoms with van der Waals surface area (Å²) in [5.41, 5.74) is 0. The van der Waals surface area contributed by atoms with Gasteiger partial charge in [0.2, 0.25) is 0 Å². The summed E-state index contributed by atoms with van der Waals surface area (Å²) in [5.74, 6) is 0. The average molecular weight is 331 g/mol. The van der Waals surface area contributed by atoms with Crippen LogP contribution in [0.3, 0.4) is 0 Å². The summed E-state index contributed by atoms with van der Waals surface area (Å²) < 4.78 is 33.6. The first-order valence-corrected chi connectivity index (χ1v) is 2.45. The molecule has 0 heterocycles. The third-order valence-electron chi connectivity index (χ3n) is 0. The average Bonchev–Trinajstić information content (AvgIpc) is 1.39. The normalized spacial score (nSPS) is 1.78. The largest absolute Gasteiger partial charge is 4.00 e. The molecular weight excluding hydrogens is 331 g/mol. The van der Waals surface area contributed by atoms with Crippen molar-refractivity contribution < 1.29 is 54.6 Å². The van der Waals surface area contributed by atoms with Gasteiger partial charge in [-0.25, -0.2) is 0 Å². The predicted octanol–water partition coefficient (Wildman–Crippen LogP) is -1.48. The maximum absolute atomic E-state index is 8.40. The van der Waals surface area contributed by atoms with Crippen LogP contribution in [0, 0.1) is 0 Å². The third kappa shape index (κ3) is 1930. The molecule has 0 saturated heterocycles. The Balaban J connectivity index is -0.00000000889. The molecule has 0 saturated carbocycles. The molecule has 0 amide bonds. The number of rotatable bonds is 0. The summed E-state index contributed by atoms with van der Waals surface area (Å²) in [7, 11) is -2.83. The first-order valence-electron chi connectivity index (χ1n) is 0.816. The molecule has 0 aromatic carbocycles. The maximum Gasteiger partial charge on any atom is 4.00 e. The Morgan fingerprint density at radius 3 is 0.667 bits per heavy atom. The first-order chi connectivity index (χ1) is 2.83. The standard InChI is InChI=1S/Hf.2O2Si.2O/c;2*1-3-2;;/q+4;;;2*-2. The first kappa shape index (κ1) is 34.2. The van der Waals surface area contributed by atoms with Crippen molar-refractivity contribution >= 4 is 18.6 Å². The minimum absolute atomic E-state index is 0. The Hall–Kier alpha value is 0.424. The van der Waals surface area contributed by atoms with E-state index in [0.717, 1.165) is 0 Å². The van der Waals surface area contributed by atoms with Crippen LogP contribution in [0.4, 0.5) is 0 Å². The second kappa shape index (κ2) is 79.0. The van der Waals surface area contributed by atoms with Crippen LogP contribution in [0.1, 0.15) is 0 Å². The molecule has 0 fully saturated rings. The zero-order chi connectivity index (χ0) is 5.41. The van der Waals surface area contributed by atoms with E-state index in [9.17, 15) is 0 Å². The zero-order valence-corrected chi connectivity index (χ0v) is 9.54. The van der Waals surface area contributed by atoms with Crippen LogP contribution < -0.4 is 0 Å². The molecule has 6 nitrogen and oxygen atoms in total. The molecule has 0 radical (unpaired) electrons. The minimum Gasteiger partial charge on any atom is -2.00 e. The second-order valence-corrected chi connectivity index (χ2v) is 0.500. The second-order valence-electron chi connectivity index (χ2n) is 0.167. The molecule has 0 aliphatic heterocycles. The van der Waals surface area contributed by atoms with E-state index in [1.807, 2.05) is 0 Å². The van der Waals surface area contributed by atoms with E-state index in [2.05, 4.69) is 0 Å². The molecule has 0 N–H and O–H groups in total. The monoisotopic (exact) mass is 332 g/mol. The van der Waals surface area contributed by atoms with Crippen molar-refractivity contribution in [1.82, 2.24) is 0 Å². The summed E-state index contributed by atoms with van der Waals surface area (Å²) in [4.78, 5) is 0. The van der Waals surface area contributed by atoms with Gasteiger partial charge in [-0.3, -0.25) is 17.8 Å². The van der Waals surface area contributed by atoms with Gasteiger partial charge in [0.25, 0.3) is 0 Å². The molecule has 0 spiro atoms. The van der Waals surface area contributed by atoms with Crippen LogP contribution in [-0.4, -0.2) is 18.6 Å². The van der Waals surface area contributed by atoms with Gasteiger partial charge in [-0.1, -0.05) is 0 Å². The molecule has 0 rings (SSSR count).